The number of carbonyl (C=O) groups excluding carboxylic acids is 1. The molecule has 0 aliphatic carbocycles. The fraction of sp³-hybridized carbons (Fsp3) is 0.400. The summed E-state index contributed by atoms with van der Waals surface area (Å²) >= 11 is 0. The van der Waals surface area contributed by atoms with Crippen LogP contribution in [0.5, 0.6) is 0 Å². The highest BCUT2D eigenvalue weighted by Crippen LogP contribution is 2.38. The molecule has 1 saturated heterocycles. The lowest BCUT2D eigenvalue weighted by atomic mass is 9.73. The zero-order valence-corrected chi connectivity index (χ0v) is 12.1. The molecule has 2 aliphatic heterocycles. The van der Waals surface area contributed by atoms with Gasteiger partial charge >= 0.3 is 6.09 Å². The standard InChI is InChI=1S/C15H16FN3O3/c1-18-13(20)15(8-10-2-4-11(16)5-3-10)9-19(14(21)22)7-6-12(15)17-18/h2-5H,6-9H2,1H3,(H,21,22). The first-order valence-corrected chi connectivity index (χ1v) is 7.01. The highest BCUT2D eigenvalue weighted by Gasteiger charge is 2.53. The minimum atomic E-state index is -1.04. The van der Waals surface area contributed by atoms with Gasteiger partial charge in [-0.3, -0.25) is 4.79 Å². The molecule has 3 rings (SSSR count). The number of carboxylic acid groups (broad SMARTS) is 1. The van der Waals surface area contributed by atoms with Crippen molar-refractivity contribution in [3.63, 3.8) is 0 Å². The lowest BCUT2D eigenvalue weighted by Crippen LogP contribution is -2.55. The van der Waals surface area contributed by atoms with Gasteiger partial charge in [-0.2, -0.15) is 5.10 Å². The van der Waals surface area contributed by atoms with Gasteiger partial charge in [-0.05, 0) is 24.1 Å². The lowest BCUT2D eigenvalue weighted by Gasteiger charge is -2.38. The number of amides is 2. The van der Waals surface area contributed by atoms with Crippen LogP contribution in [0.25, 0.3) is 0 Å². The number of benzene rings is 1. The Hall–Kier alpha value is -2.44. The summed E-state index contributed by atoms with van der Waals surface area (Å²) in [5.74, 6) is -0.557. The van der Waals surface area contributed by atoms with Crippen LogP contribution >= 0.6 is 0 Å². The molecule has 0 saturated carbocycles. The van der Waals surface area contributed by atoms with Crippen molar-refractivity contribution < 1.29 is 19.1 Å². The number of rotatable bonds is 2. The number of fused-ring (bicyclic) bond motifs is 1. The van der Waals surface area contributed by atoms with Crippen LogP contribution in [0.2, 0.25) is 0 Å². The average molecular weight is 305 g/mol. The molecule has 22 heavy (non-hydrogen) atoms. The van der Waals surface area contributed by atoms with Crippen LogP contribution in [0.4, 0.5) is 9.18 Å². The van der Waals surface area contributed by atoms with Crippen LogP contribution in [0.1, 0.15) is 12.0 Å². The van der Waals surface area contributed by atoms with Crippen molar-refractivity contribution in [2.75, 3.05) is 20.1 Å². The van der Waals surface area contributed by atoms with Crippen molar-refractivity contribution in [1.29, 1.82) is 0 Å². The normalized spacial score (nSPS) is 24.3. The summed E-state index contributed by atoms with van der Waals surface area (Å²) in [6.45, 7) is 0.419. The molecule has 2 heterocycles. The summed E-state index contributed by atoms with van der Waals surface area (Å²) < 4.78 is 13.1. The Morgan fingerprint density at radius 2 is 2.09 bits per heavy atom. The fourth-order valence-corrected chi connectivity index (χ4v) is 3.20. The van der Waals surface area contributed by atoms with E-state index < -0.39 is 11.5 Å². The molecule has 1 aromatic carbocycles. The van der Waals surface area contributed by atoms with Crippen LogP contribution in [0, 0.1) is 11.2 Å². The third-order valence-corrected chi connectivity index (χ3v) is 4.30. The smallest absolute Gasteiger partial charge is 0.407 e. The summed E-state index contributed by atoms with van der Waals surface area (Å²) in [6.07, 6.45) is -0.289. The van der Waals surface area contributed by atoms with Crippen LogP contribution in [0.15, 0.2) is 29.4 Å². The number of piperidine rings is 1. The van der Waals surface area contributed by atoms with E-state index in [0.717, 1.165) is 5.56 Å². The van der Waals surface area contributed by atoms with Crippen LogP contribution in [-0.4, -0.2) is 52.9 Å². The summed E-state index contributed by atoms with van der Waals surface area (Å²) in [5.41, 5.74) is 0.523. The van der Waals surface area contributed by atoms with Crippen molar-refractivity contribution >= 4 is 17.7 Å². The predicted octanol–water partition coefficient (Wildman–Crippen LogP) is 1.57. The highest BCUT2D eigenvalue weighted by atomic mass is 19.1. The second-order valence-corrected chi connectivity index (χ2v) is 5.71. The summed E-state index contributed by atoms with van der Waals surface area (Å²) in [4.78, 5) is 25.2. The van der Waals surface area contributed by atoms with Crippen LogP contribution in [-0.2, 0) is 11.2 Å². The van der Waals surface area contributed by atoms with Gasteiger partial charge in [0, 0.05) is 26.6 Å². The zero-order valence-electron chi connectivity index (χ0n) is 12.1. The Balaban J connectivity index is 1.96. The van der Waals surface area contributed by atoms with E-state index in [9.17, 15) is 19.1 Å². The van der Waals surface area contributed by atoms with E-state index in [1.54, 1.807) is 19.2 Å². The van der Waals surface area contributed by atoms with Crippen molar-refractivity contribution in [2.24, 2.45) is 10.5 Å². The van der Waals surface area contributed by atoms with Gasteiger partial charge in [0.2, 0.25) is 0 Å². The Morgan fingerprint density at radius 1 is 1.41 bits per heavy atom. The second kappa shape index (κ2) is 5.08. The van der Waals surface area contributed by atoms with E-state index in [1.807, 2.05) is 0 Å². The van der Waals surface area contributed by atoms with E-state index in [-0.39, 0.29) is 18.3 Å². The molecule has 0 aromatic heterocycles. The summed E-state index contributed by atoms with van der Waals surface area (Å²) in [7, 11) is 1.57. The molecule has 1 aromatic rings. The minimum Gasteiger partial charge on any atom is -0.465 e. The van der Waals surface area contributed by atoms with Gasteiger partial charge in [0.15, 0.2) is 0 Å². The first kappa shape index (κ1) is 14.5. The number of hydrazone groups is 1. The van der Waals surface area contributed by atoms with Crippen LogP contribution in [0.3, 0.4) is 0 Å². The Kier molecular flexibility index (Phi) is 3.35. The molecule has 1 atom stereocenters. The Bertz CT molecular complexity index is 659. The van der Waals surface area contributed by atoms with Crippen molar-refractivity contribution in [1.82, 2.24) is 9.91 Å². The Labute approximate surface area is 126 Å². The van der Waals surface area contributed by atoms with E-state index in [2.05, 4.69) is 5.10 Å². The van der Waals surface area contributed by atoms with Crippen molar-refractivity contribution in [3.05, 3.63) is 35.6 Å². The third-order valence-electron chi connectivity index (χ3n) is 4.30. The van der Waals surface area contributed by atoms with Gasteiger partial charge in [0.05, 0.1) is 5.71 Å². The summed E-state index contributed by atoms with van der Waals surface area (Å²) in [6, 6.07) is 5.91. The zero-order chi connectivity index (χ0) is 15.9. The van der Waals surface area contributed by atoms with E-state index in [0.29, 0.717) is 25.1 Å². The lowest BCUT2D eigenvalue weighted by molar-refractivity contribution is -0.135. The molecule has 1 fully saturated rings. The molecule has 2 aliphatic rings. The number of carbonyl (C=O) groups is 2. The number of hydrogen-bond acceptors (Lipinski definition) is 3. The largest absolute Gasteiger partial charge is 0.465 e. The van der Waals surface area contributed by atoms with Crippen molar-refractivity contribution in [2.45, 2.75) is 12.8 Å². The predicted molar refractivity (Wildman–Crippen MR) is 77.0 cm³/mol. The number of nitrogens with zero attached hydrogens (tertiary/aromatic N) is 3. The number of hydrogen-bond donors (Lipinski definition) is 1. The molecule has 1 N–H and O–H groups in total. The van der Waals surface area contributed by atoms with Gasteiger partial charge in [-0.25, -0.2) is 14.2 Å². The molecule has 7 heteroatoms. The average Bonchev–Trinajstić information content (AvgIpc) is 2.73. The van der Waals surface area contributed by atoms with Gasteiger partial charge in [-0.15, -0.1) is 0 Å². The first-order valence-electron chi connectivity index (χ1n) is 7.01. The highest BCUT2D eigenvalue weighted by molar-refractivity contribution is 6.13. The molecule has 1 unspecified atom stereocenters. The van der Waals surface area contributed by atoms with Gasteiger partial charge < -0.3 is 10.0 Å². The molecule has 0 bridgehead atoms. The monoisotopic (exact) mass is 305 g/mol. The molecular formula is C15H16FN3O3. The summed E-state index contributed by atoms with van der Waals surface area (Å²) in [5, 5.41) is 14.8. The maximum atomic E-state index is 13.1. The fourth-order valence-electron chi connectivity index (χ4n) is 3.20. The number of likely N-dealkylation sites (tertiary alicyclic amines) is 1. The molecular weight excluding hydrogens is 289 g/mol. The number of halogens is 1. The molecule has 0 spiro atoms. The topological polar surface area (TPSA) is 73.2 Å². The van der Waals surface area contributed by atoms with E-state index in [1.165, 1.54) is 22.0 Å². The quantitative estimate of drug-likeness (QED) is 0.901. The molecule has 6 nitrogen and oxygen atoms in total. The van der Waals surface area contributed by atoms with Crippen molar-refractivity contribution in [3.8, 4) is 0 Å². The van der Waals surface area contributed by atoms with Crippen LogP contribution < -0.4 is 0 Å². The van der Waals surface area contributed by atoms with Gasteiger partial charge in [0.1, 0.15) is 11.2 Å². The molecule has 2 amide bonds. The van der Waals surface area contributed by atoms with Gasteiger partial charge in [0.25, 0.3) is 5.91 Å². The van der Waals surface area contributed by atoms with E-state index in [4.69, 9.17) is 0 Å². The second-order valence-electron chi connectivity index (χ2n) is 5.71. The van der Waals surface area contributed by atoms with Gasteiger partial charge in [-0.1, -0.05) is 12.1 Å². The van der Waals surface area contributed by atoms with E-state index >= 15 is 0 Å². The maximum absolute atomic E-state index is 13.1. The maximum Gasteiger partial charge on any atom is 0.407 e. The Morgan fingerprint density at radius 3 is 2.73 bits per heavy atom. The third kappa shape index (κ3) is 2.22. The first-order chi connectivity index (χ1) is 10.4. The minimum absolute atomic E-state index is 0.0850. The molecule has 116 valence electrons. The molecule has 0 radical (unpaired) electrons. The SMILES string of the molecule is CN1N=C2CCN(C(=O)O)CC2(Cc2ccc(F)cc2)C1=O.